The zero-order valence-corrected chi connectivity index (χ0v) is 15.3. The van der Waals surface area contributed by atoms with E-state index in [0.29, 0.717) is 23.0 Å². The van der Waals surface area contributed by atoms with Crippen molar-refractivity contribution in [3.8, 4) is 5.75 Å². The molecule has 0 fully saturated rings. The molecule has 1 atom stereocenters. The number of ether oxygens (including phenoxy) is 2. The molecule has 5 nitrogen and oxygen atoms in total. The number of benzene rings is 2. The van der Waals surface area contributed by atoms with Crippen LogP contribution in [-0.4, -0.2) is 25.1 Å². The van der Waals surface area contributed by atoms with Crippen molar-refractivity contribution in [2.45, 2.75) is 13.0 Å². The van der Waals surface area contributed by atoms with Crippen LogP contribution >= 0.6 is 23.2 Å². The highest BCUT2D eigenvalue weighted by Gasteiger charge is 2.27. The molecule has 0 bridgehead atoms. The van der Waals surface area contributed by atoms with Crippen molar-refractivity contribution in [2.24, 2.45) is 5.92 Å². The van der Waals surface area contributed by atoms with Crippen LogP contribution in [0.1, 0.15) is 11.1 Å². The Morgan fingerprint density at radius 1 is 1.12 bits per heavy atom. The minimum Gasteiger partial charge on any atom is -0.492 e. The minimum atomic E-state index is -0.461. The Morgan fingerprint density at radius 2 is 1.85 bits per heavy atom. The Hall–Kier alpha value is -2.24. The molecule has 1 amide bonds. The quantitative estimate of drug-likeness (QED) is 0.790. The summed E-state index contributed by atoms with van der Waals surface area (Å²) in [5.74, 6) is -0.560. The largest absolute Gasteiger partial charge is 0.492 e. The monoisotopic (exact) mass is 393 g/mol. The fourth-order valence-electron chi connectivity index (χ4n) is 2.62. The Morgan fingerprint density at radius 3 is 2.62 bits per heavy atom. The first-order chi connectivity index (χ1) is 12.5. The summed E-state index contributed by atoms with van der Waals surface area (Å²) in [5.41, 5.74) is 1.76. The number of carbonyl (C=O) groups excluding carboxylic acids is 2. The molecule has 0 aliphatic carbocycles. The summed E-state index contributed by atoms with van der Waals surface area (Å²) in [6.45, 7) is 0.233. The van der Waals surface area contributed by atoms with Crippen LogP contribution in [0.5, 0.6) is 5.75 Å². The van der Waals surface area contributed by atoms with E-state index in [9.17, 15) is 9.59 Å². The van der Waals surface area contributed by atoms with Gasteiger partial charge in [-0.05, 0) is 47.9 Å². The number of carbonyl (C=O) groups is 2. The minimum absolute atomic E-state index is 0.222. The van der Waals surface area contributed by atoms with Gasteiger partial charge < -0.3 is 14.8 Å². The normalized spacial score (nSPS) is 15.5. The van der Waals surface area contributed by atoms with Crippen LogP contribution in [0.4, 0.5) is 0 Å². The summed E-state index contributed by atoms with van der Waals surface area (Å²) in [5, 5.41) is 3.91. The lowest BCUT2D eigenvalue weighted by molar-refractivity contribution is -0.153. The second-order valence-electron chi connectivity index (χ2n) is 5.98. The molecule has 0 aromatic heterocycles. The van der Waals surface area contributed by atoms with E-state index in [-0.39, 0.29) is 19.1 Å². The molecule has 1 aliphatic rings. The predicted octanol–water partition coefficient (Wildman–Crippen LogP) is 3.40. The molecule has 0 radical (unpaired) electrons. The molecule has 0 saturated carbocycles. The maximum Gasteiger partial charge on any atom is 0.313 e. The number of nitrogens with one attached hydrogen (secondary N) is 1. The fraction of sp³-hybridized carbons (Fsp3) is 0.263. The Kier molecular flexibility index (Phi) is 6.01. The van der Waals surface area contributed by atoms with Gasteiger partial charge in [-0.1, -0.05) is 35.3 Å². The zero-order chi connectivity index (χ0) is 18.5. The van der Waals surface area contributed by atoms with Crippen molar-refractivity contribution in [3.63, 3.8) is 0 Å². The molecular weight excluding hydrogens is 377 g/mol. The lowest BCUT2D eigenvalue weighted by Crippen LogP contribution is -2.33. The summed E-state index contributed by atoms with van der Waals surface area (Å²) < 4.78 is 10.7. The number of amides is 1. The molecule has 0 unspecified atom stereocenters. The molecule has 1 aliphatic heterocycles. The lowest BCUT2D eigenvalue weighted by atomic mass is 9.97. The van der Waals surface area contributed by atoms with Gasteiger partial charge in [0.05, 0.1) is 5.92 Å². The van der Waals surface area contributed by atoms with E-state index in [1.165, 1.54) is 0 Å². The zero-order valence-electron chi connectivity index (χ0n) is 13.8. The number of esters is 1. The third-order valence-electron chi connectivity index (χ3n) is 4.01. The molecule has 0 saturated heterocycles. The second kappa shape index (κ2) is 8.43. The Labute approximate surface area is 161 Å². The van der Waals surface area contributed by atoms with Gasteiger partial charge in [-0.25, -0.2) is 0 Å². The first-order valence-corrected chi connectivity index (χ1v) is 8.86. The number of halogens is 2. The van der Waals surface area contributed by atoms with Gasteiger partial charge in [0.1, 0.15) is 12.4 Å². The number of fused-ring (bicyclic) bond motifs is 1. The summed E-state index contributed by atoms with van der Waals surface area (Å²) in [6.07, 6.45) is 0.473. The summed E-state index contributed by atoms with van der Waals surface area (Å²) in [6, 6.07) is 12.4. The third kappa shape index (κ3) is 4.90. The molecule has 0 spiro atoms. The molecule has 1 N–H and O–H groups in total. The van der Waals surface area contributed by atoms with Gasteiger partial charge in [0, 0.05) is 16.6 Å². The van der Waals surface area contributed by atoms with Crippen molar-refractivity contribution < 1.29 is 19.1 Å². The highest BCUT2D eigenvalue weighted by Crippen LogP contribution is 2.30. The topological polar surface area (TPSA) is 64.6 Å². The second-order valence-corrected chi connectivity index (χ2v) is 6.85. The van der Waals surface area contributed by atoms with E-state index in [2.05, 4.69) is 5.32 Å². The highest BCUT2D eigenvalue weighted by molar-refractivity contribution is 6.30. The Balaban J connectivity index is 1.45. The number of rotatable bonds is 5. The van der Waals surface area contributed by atoms with Crippen LogP contribution < -0.4 is 10.1 Å². The van der Waals surface area contributed by atoms with Crippen molar-refractivity contribution in [2.75, 3.05) is 13.2 Å². The molecule has 1 heterocycles. The van der Waals surface area contributed by atoms with Crippen molar-refractivity contribution >= 4 is 35.1 Å². The van der Waals surface area contributed by atoms with Crippen LogP contribution in [0.3, 0.4) is 0 Å². The van der Waals surface area contributed by atoms with Gasteiger partial charge in [-0.3, -0.25) is 9.59 Å². The summed E-state index contributed by atoms with van der Waals surface area (Å²) in [7, 11) is 0. The fourth-order valence-corrected chi connectivity index (χ4v) is 2.94. The smallest absolute Gasteiger partial charge is 0.313 e. The van der Waals surface area contributed by atoms with Gasteiger partial charge in [-0.2, -0.15) is 0 Å². The maximum atomic E-state index is 12.2. The van der Waals surface area contributed by atoms with Crippen molar-refractivity contribution in [1.82, 2.24) is 5.32 Å². The first-order valence-electron chi connectivity index (χ1n) is 8.10. The summed E-state index contributed by atoms with van der Waals surface area (Å²) >= 11 is 11.8. The van der Waals surface area contributed by atoms with Crippen LogP contribution in [0.15, 0.2) is 42.5 Å². The predicted molar refractivity (Wildman–Crippen MR) is 98.4 cm³/mol. The van der Waals surface area contributed by atoms with Crippen LogP contribution in [0, 0.1) is 5.92 Å². The van der Waals surface area contributed by atoms with Crippen LogP contribution in [0.2, 0.25) is 10.0 Å². The van der Waals surface area contributed by atoms with E-state index in [4.69, 9.17) is 32.7 Å². The van der Waals surface area contributed by atoms with Crippen molar-refractivity contribution in [1.29, 1.82) is 0 Å². The Bertz CT molecular complexity index is 808. The van der Waals surface area contributed by atoms with Gasteiger partial charge in [0.15, 0.2) is 6.61 Å². The molecule has 2 aromatic carbocycles. The molecule has 26 heavy (non-hydrogen) atoms. The van der Waals surface area contributed by atoms with Gasteiger partial charge in [-0.15, -0.1) is 0 Å². The first kappa shape index (κ1) is 18.5. The van der Waals surface area contributed by atoms with Gasteiger partial charge in [0.2, 0.25) is 0 Å². The molecule has 7 heteroatoms. The maximum absolute atomic E-state index is 12.2. The SMILES string of the molecule is O=C(COC(=O)[C@@H]1COc2ccc(Cl)cc2C1)NCc1ccc(Cl)cc1. The number of hydrogen-bond donors (Lipinski definition) is 1. The van der Waals surface area contributed by atoms with Crippen molar-refractivity contribution in [3.05, 3.63) is 63.6 Å². The van der Waals surface area contributed by atoms with Crippen LogP contribution in [-0.2, 0) is 27.3 Å². The van der Waals surface area contributed by atoms with E-state index in [1.54, 1.807) is 30.3 Å². The van der Waals surface area contributed by atoms with Crippen LogP contribution in [0.25, 0.3) is 0 Å². The van der Waals surface area contributed by atoms with E-state index >= 15 is 0 Å². The average molecular weight is 394 g/mol. The third-order valence-corrected chi connectivity index (χ3v) is 4.50. The summed E-state index contributed by atoms with van der Waals surface area (Å²) in [4.78, 5) is 24.0. The van der Waals surface area contributed by atoms with Gasteiger partial charge in [0.25, 0.3) is 5.91 Å². The highest BCUT2D eigenvalue weighted by atomic mass is 35.5. The van der Waals surface area contributed by atoms with Gasteiger partial charge >= 0.3 is 5.97 Å². The molecule has 2 aromatic rings. The van der Waals surface area contributed by atoms with E-state index in [1.807, 2.05) is 12.1 Å². The lowest BCUT2D eigenvalue weighted by Gasteiger charge is -2.24. The standard InChI is InChI=1S/C19H17Cl2NO4/c20-15-3-1-12(2-4-15)9-22-18(23)11-26-19(24)14-7-13-8-16(21)5-6-17(13)25-10-14/h1-6,8,14H,7,9-11H2,(H,22,23)/t14-/m0/s1. The molecule has 136 valence electrons. The molecular formula is C19H17Cl2NO4. The average Bonchev–Trinajstić information content (AvgIpc) is 2.65. The molecule has 3 rings (SSSR count). The number of hydrogen-bond acceptors (Lipinski definition) is 4. The van der Waals surface area contributed by atoms with E-state index < -0.39 is 11.9 Å². The van der Waals surface area contributed by atoms with E-state index in [0.717, 1.165) is 16.9 Å².